The molecule has 2 aromatic carbocycles. The fourth-order valence-corrected chi connectivity index (χ4v) is 5.89. The molecule has 1 saturated carbocycles. The Bertz CT molecular complexity index is 1170. The van der Waals surface area contributed by atoms with Gasteiger partial charge in [-0.25, -0.2) is 0 Å². The molecule has 5 nitrogen and oxygen atoms in total. The molecule has 0 spiro atoms. The maximum atomic E-state index is 13.2. The predicted molar refractivity (Wildman–Crippen MR) is 141 cm³/mol. The topological polar surface area (TPSA) is 61.4 Å². The van der Waals surface area contributed by atoms with Crippen molar-refractivity contribution in [2.45, 2.75) is 37.1 Å². The van der Waals surface area contributed by atoms with E-state index >= 15 is 0 Å². The number of hydrogen-bond donors (Lipinski definition) is 2. The molecule has 0 radical (unpaired) electrons. The first-order valence-electron chi connectivity index (χ1n) is 12.2. The van der Waals surface area contributed by atoms with Crippen molar-refractivity contribution in [1.82, 2.24) is 15.5 Å². The van der Waals surface area contributed by atoms with Gasteiger partial charge >= 0.3 is 0 Å². The van der Waals surface area contributed by atoms with Crippen LogP contribution < -0.4 is 10.6 Å². The van der Waals surface area contributed by atoms with E-state index in [9.17, 15) is 9.59 Å². The summed E-state index contributed by atoms with van der Waals surface area (Å²) in [6.07, 6.45) is 5.05. The summed E-state index contributed by atoms with van der Waals surface area (Å²) in [5.41, 5.74) is 3.16. The van der Waals surface area contributed by atoms with Crippen LogP contribution >= 0.6 is 22.9 Å². The van der Waals surface area contributed by atoms with Crippen molar-refractivity contribution in [3.63, 3.8) is 0 Å². The summed E-state index contributed by atoms with van der Waals surface area (Å²) < 4.78 is 0.569. The molecule has 3 aromatic rings. The summed E-state index contributed by atoms with van der Waals surface area (Å²) in [5, 5.41) is 6.04. The minimum atomic E-state index is -0.354. The number of halogens is 1. The van der Waals surface area contributed by atoms with E-state index in [2.05, 4.69) is 27.7 Å². The Hall–Kier alpha value is -2.67. The molecule has 1 unspecified atom stereocenters. The zero-order valence-electron chi connectivity index (χ0n) is 19.6. The van der Waals surface area contributed by atoms with Crippen LogP contribution in [-0.4, -0.2) is 42.9 Å². The molecule has 0 bridgehead atoms. The van der Waals surface area contributed by atoms with E-state index in [4.69, 9.17) is 11.6 Å². The van der Waals surface area contributed by atoms with Crippen molar-refractivity contribution in [3.8, 4) is 0 Å². The highest BCUT2D eigenvalue weighted by molar-refractivity contribution is 7.18. The molecule has 2 fully saturated rings. The Morgan fingerprint density at radius 2 is 1.66 bits per heavy atom. The quantitative estimate of drug-likeness (QED) is 0.406. The van der Waals surface area contributed by atoms with Gasteiger partial charge in [0, 0.05) is 24.1 Å². The van der Waals surface area contributed by atoms with Crippen LogP contribution in [0.4, 0.5) is 0 Å². The largest absolute Gasteiger partial charge is 0.349 e. The standard InChI is InChI=1S/C28H30ClN3O2S/c29-25-13-12-24(35-25)27(34)30-18-23(20-6-2-1-3-7-20)31-26(33)21-8-10-22(11-9-21)28(14-15-28)19-32-16-4-5-17-32/h1-3,6-13,23H,4-5,14-19H2,(H,30,34)(H,31,33). The van der Waals surface area contributed by atoms with E-state index in [-0.39, 0.29) is 29.8 Å². The Labute approximate surface area is 215 Å². The van der Waals surface area contributed by atoms with E-state index < -0.39 is 0 Å². The number of carbonyl (C=O) groups excluding carboxylic acids is 2. The van der Waals surface area contributed by atoms with E-state index in [0.29, 0.717) is 14.8 Å². The zero-order valence-corrected chi connectivity index (χ0v) is 21.2. The van der Waals surface area contributed by atoms with Gasteiger partial charge in [-0.05, 0) is 74.2 Å². The Morgan fingerprint density at radius 1 is 0.943 bits per heavy atom. The van der Waals surface area contributed by atoms with Crippen LogP contribution in [0.2, 0.25) is 4.34 Å². The van der Waals surface area contributed by atoms with Crippen LogP contribution in [0, 0.1) is 0 Å². The Balaban J connectivity index is 1.25. The van der Waals surface area contributed by atoms with Crippen molar-refractivity contribution in [2.75, 3.05) is 26.2 Å². The summed E-state index contributed by atoms with van der Waals surface area (Å²) in [6.45, 7) is 3.82. The second-order valence-electron chi connectivity index (χ2n) is 9.59. The van der Waals surface area contributed by atoms with Crippen molar-refractivity contribution >= 4 is 34.8 Å². The monoisotopic (exact) mass is 507 g/mol. The smallest absolute Gasteiger partial charge is 0.261 e. The molecule has 1 saturated heterocycles. The van der Waals surface area contributed by atoms with Gasteiger partial charge in [0.1, 0.15) is 0 Å². The van der Waals surface area contributed by atoms with Gasteiger partial charge < -0.3 is 15.5 Å². The number of benzene rings is 2. The number of hydrogen-bond acceptors (Lipinski definition) is 4. The van der Waals surface area contributed by atoms with Crippen LogP contribution in [-0.2, 0) is 5.41 Å². The molecule has 1 aromatic heterocycles. The lowest BCUT2D eigenvalue weighted by Crippen LogP contribution is -2.37. The molecule has 7 heteroatoms. The first-order valence-corrected chi connectivity index (χ1v) is 13.4. The first kappa shape index (κ1) is 24.0. The van der Waals surface area contributed by atoms with Gasteiger partial charge in [-0.2, -0.15) is 0 Å². The Morgan fingerprint density at radius 3 is 2.29 bits per heavy atom. The van der Waals surface area contributed by atoms with Crippen LogP contribution in [0.25, 0.3) is 0 Å². The van der Waals surface area contributed by atoms with Gasteiger partial charge in [0.15, 0.2) is 0 Å². The van der Waals surface area contributed by atoms with Crippen molar-refractivity contribution in [1.29, 1.82) is 0 Å². The van der Waals surface area contributed by atoms with E-state index in [0.717, 1.165) is 12.1 Å². The van der Waals surface area contributed by atoms with E-state index in [1.807, 2.05) is 42.5 Å². The van der Waals surface area contributed by atoms with Gasteiger partial charge in [-0.15, -0.1) is 11.3 Å². The number of nitrogens with zero attached hydrogens (tertiary/aromatic N) is 1. The summed E-state index contributed by atoms with van der Waals surface area (Å²) in [6, 6.07) is 20.9. The molecule has 2 amide bonds. The van der Waals surface area contributed by atoms with E-state index in [1.165, 1.54) is 55.7 Å². The lowest BCUT2D eigenvalue weighted by molar-refractivity contribution is 0.0910. The van der Waals surface area contributed by atoms with Gasteiger partial charge in [-0.1, -0.05) is 54.1 Å². The summed E-state index contributed by atoms with van der Waals surface area (Å²) in [4.78, 5) is 28.8. The molecule has 35 heavy (non-hydrogen) atoms. The van der Waals surface area contributed by atoms with Crippen molar-refractivity contribution < 1.29 is 9.59 Å². The van der Waals surface area contributed by atoms with Gasteiger partial charge in [0.2, 0.25) is 0 Å². The predicted octanol–water partition coefficient (Wildman–Crippen LogP) is 5.43. The molecular weight excluding hydrogens is 478 g/mol. The zero-order chi connectivity index (χ0) is 24.3. The molecule has 182 valence electrons. The average Bonchev–Trinajstić information content (AvgIpc) is 3.24. The fraction of sp³-hybridized carbons (Fsp3) is 0.357. The second kappa shape index (κ2) is 10.5. The first-order chi connectivity index (χ1) is 17.0. The highest BCUT2D eigenvalue weighted by Gasteiger charge is 2.45. The maximum Gasteiger partial charge on any atom is 0.261 e. The van der Waals surface area contributed by atoms with E-state index in [1.54, 1.807) is 12.1 Å². The molecule has 1 atom stereocenters. The molecule has 1 aliphatic heterocycles. The number of thiophene rings is 1. The molecule has 5 rings (SSSR count). The minimum Gasteiger partial charge on any atom is -0.349 e. The average molecular weight is 508 g/mol. The molecule has 2 heterocycles. The number of rotatable bonds is 9. The Kier molecular flexibility index (Phi) is 7.23. The summed E-state index contributed by atoms with van der Waals surface area (Å²) in [5.74, 6) is -0.350. The summed E-state index contributed by atoms with van der Waals surface area (Å²) in [7, 11) is 0. The number of amides is 2. The van der Waals surface area contributed by atoms with Gasteiger partial charge in [0.25, 0.3) is 11.8 Å². The highest BCUT2D eigenvalue weighted by Crippen LogP contribution is 2.49. The van der Waals surface area contributed by atoms with Crippen LogP contribution in [0.3, 0.4) is 0 Å². The molecule has 2 aliphatic rings. The van der Waals surface area contributed by atoms with Gasteiger partial charge in [-0.3, -0.25) is 9.59 Å². The third-order valence-corrected chi connectivity index (χ3v) is 8.34. The normalized spacial score (nSPS) is 17.6. The van der Waals surface area contributed by atoms with Crippen LogP contribution in [0.15, 0.2) is 66.7 Å². The molecule has 2 N–H and O–H groups in total. The van der Waals surface area contributed by atoms with Crippen molar-refractivity contribution in [3.05, 3.63) is 92.6 Å². The molecule has 1 aliphatic carbocycles. The number of likely N-dealkylation sites (tertiary alicyclic amines) is 1. The summed E-state index contributed by atoms with van der Waals surface area (Å²) >= 11 is 7.20. The lowest BCUT2D eigenvalue weighted by Gasteiger charge is -2.24. The fourth-order valence-electron chi connectivity index (χ4n) is 4.93. The van der Waals surface area contributed by atoms with Crippen LogP contribution in [0.5, 0.6) is 0 Å². The lowest BCUT2D eigenvalue weighted by atomic mass is 9.94. The molecular formula is C28H30ClN3O2S. The van der Waals surface area contributed by atoms with Crippen molar-refractivity contribution in [2.24, 2.45) is 0 Å². The van der Waals surface area contributed by atoms with Crippen LogP contribution in [0.1, 0.15) is 62.9 Å². The SMILES string of the molecule is O=C(NC(CNC(=O)c1ccc(Cl)s1)c1ccccc1)c1ccc(C2(CN3CCCC3)CC2)cc1. The van der Waals surface area contributed by atoms with Gasteiger partial charge in [0.05, 0.1) is 15.3 Å². The number of nitrogens with one attached hydrogen (secondary N) is 2. The maximum absolute atomic E-state index is 13.2. The third-order valence-electron chi connectivity index (χ3n) is 7.11. The number of carbonyl (C=O) groups is 2. The highest BCUT2D eigenvalue weighted by atomic mass is 35.5. The third kappa shape index (κ3) is 5.77. The second-order valence-corrected chi connectivity index (χ2v) is 11.3. The minimum absolute atomic E-state index is 0.150.